The molecule has 4 heteroatoms. The van der Waals surface area contributed by atoms with Gasteiger partial charge in [0.2, 0.25) is 5.91 Å². The zero-order chi connectivity index (χ0) is 18.1. The molecule has 4 aromatic rings. The number of amides is 1. The molecule has 0 atom stereocenters. The lowest BCUT2D eigenvalue weighted by molar-refractivity contribution is -0.114. The molecule has 0 radical (unpaired) electrons. The molecule has 128 valence electrons. The summed E-state index contributed by atoms with van der Waals surface area (Å²) >= 11 is 7.82. The summed E-state index contributed by atoms with van der Waals surface area (Å²) < 4.78 is 1.21. The highest BCUT2D eigenvalue weighted by molar-refractivity contribution is 7.23. The summed E-state index contributed by atoms with van der Waals surface area (Å²) in [5, 5.41) is 4.86. The number of thiophene rings is 1. The molecule has 0 fully saturated rings. The first-order valence-electron chi connectivity index (χ1n) is 8.28. The third-order valence-electron chi connectivity index (χ3n) is 4.21. The van der Waals surface area contributed by atoms with Gasteiger partial charge in [0.15, 0.2) is 0 Å². The first-order valence-corrected chi connectivity index (χ1v) is 9.47. The van der Waals surface area contributed by atoms with E-state index in [1.165, 1.54) is 21.9 Å². The van der Waals surface area contributed by atoms with Crippen LogP contribution in [0.1, 0.15) is 6.92 Å². The second kappa shape index (κ2) is 6.94. The lowest BCUT2D eigenvalue weighted by atomic mass is 9.97. The summed E-state index contributed by atoms with van der Waals surface area (Å²) in [6.07, 6.45) is 0. The zero-order valence-electron chi connectivity index (χ0n) is 14.1. The number of para-hydroxylation sites is 1. The van der Waals surface area contributed by atoms with Gasteiger partial charge in [0.1, 0.15) is 0 Å². The molecule has 4 rings (SSSR count). The highest BCUT2D eigenvalue weighted by Gasteiger charge is 2.18. The Balaban J connectivity index is 2.02. The monoisotopic (exact) mass is 377 g/mol. The van der Waals surface area contributed by atoms with Crippen LogP contribution in [0.4, 0.5) is 5.69 Å². The van der Waals surface area contributed by atoms with Crippen molar-refractivity contribution >= 4 is 44.6 Å². The topological polar surface area (TPSA) is 29.1 Å². The molecule has 0 aliphatic rings. The van der Waals surface area contributed by atoms with Crippen molar-refractivity contribution in [3.05, 3.63) is 77.8 Å². The fraction of sp³-hybridized carbons (Fsp3) is 0.0455. The Bertz CT molecular complexity index is 1100. The van der Waals surface area contributed by atoms with E-state index in [-0.39, 0.29) is 5.91 Å². The van der Waals surface area contributed by atoms with Gasteiger partial charge in [0.05, 0.1) is 0 Å². The van der Waals surface area contributed by atoms with Crippen LogP contribution in [0.2, 0.25) is 5.02 Å². The van der Waals surface area contributed by atoms with Crippen molar-refractivity contribution in [2.24, 2.45) is 0 Å². The average Bonchev–Trinajstić information content (AvgIpc) is 3.02. The molecule has 3 aromatic carbocycles. The van der Waals surface area contributed by atoms with E-state index in [0.29, 0.717) is 0 Å². The van der Waals surface area contributed by atoms with Crippen molar-refractivity contribution in [2.75, 3.05) is 5.32 Å². The summed E-state index contributed by atoms with van der Waals surface area (Å²) in [7, 11) is 0. The Morgan fingerprint density at radius 2 is 1.62 bits per heavy atom. The first kappa shape index (κ1) is 16.8. The molecule has 1 N–H and O–H groups in total. The van der Waals surface area contributed by atoms with Crippen molar-refractivity contribution in [1.29, 1.82) is 0 Å². The molecule has 0 aliphatic heterocycles. The van der Waals surface area contributed by atoms with Crippen LogP contribution in [0.15, 0.2) is 72.8 Å². The van der Waals surface area contributed by atoms with E-state index in [2.05, 4.69) is 23.5 Å². The quantitative estimate of drug-likeness (QED) is 0.415. The Morgan fingerprint density at radius 3 is 2.38 bits per heavy atom. The maximum Gasteiger partial charge on any atom is 0.221 e. The average molecular weight is 378 g/mol. The van der Waals surface area contributed by atoms with E-state index in [0.717, 1.165) is 27.4 Å². The van der Waals surface area contributed by atoms with Crippen LogP contribution in [0, 0.1) is 0 Å². The van der Waals surface area contributed by atoms with Crippen LogP contribution in [0.25, 0.3) is 31.7 Å². The lowest BCUT2D eigenvalue weighted by Gasteiger charge is -2.12. The maximum atomic E-state index is 11.7. The Hall–Kier alpha value is -2.62. The minimum atomic E-state index is -0.0787. The number of nitrogens with one attached hydrogen (secondary N) is 1. The van der Waals surface area contributed by atoms with Gasteiger partial charge < -0.3 is 5.32 Å². The number of anilines is 1. The second-order valence-corrected chi connectivity index (χ2v) is 7.52. The van der Waals surface area contributed by atoms with Crippen molar-refractivity contribution in [2.45, 2.75) is 6.92 Å². The van der Waals surface area contributed by atoms with E-state index in [1.807, 2.05) is 54.6 Å². The summed E-state index contributed by atoms with van der Waals surface area (Å²) in [6, 6.07) is 24.2. The van der Waals surface area contributed by atoms with E-state index in [9.17, 15) is 4.79 Å². The van der Waals surface area contributed by atoms with Gasteiger partial charge in [-0.15, -0.1) is 11.3 Å². The molecular weight excluding hydrogens is 362 g/mol. The summed E-state index contributed by atoms with van der Waals surface area (Å²) in [4.78, 5) is 12.8. The largest absolute Gasteiger partial charge is 0.326 e. The van der Waals surface area contributed by atoms with Crippen LogP contribution < -0.4 is 5.32 Å². The van der Waals surface area contributed by atoms with Crippen molar-refractivity contribution in [3.8, 4) is 21.6 Å². The van der Waals surface area contributed by atoms with Gasteiger partial charge in [-0.3, -0.25) is 4.79 Å². The van der Waals surface area contributed by atoms with E-state index < -0.39 is 0 Å². The number of fused-ring (bicyclic) bond motifs is 1. The van der Waals surface area contributed by atoms with Gasteiger partial charge >= 0.3 is 0 Å². The molecular formula is C22H16ClNOS. The zero-order valence-corrected chi connectivity index (χ0v) is 15.7. The first-order chi connectivity index (χ1) is 12.6. The summed E-state index contributed by atoms with van der Waals surface area (Å²) in [5.74, 6) is -0.0787. The molecule has 1 amide bonds. The number of hydrogen-bond acceptors (Lipinski definition) is 2. The standard InChI is InChI=1S/C22H16ClNOS/c1-14(25)24-19-8-4-2-6-17(19)21-18-7-3-5-9-20(18)26-22(21)15-10-12-16(23)13-11-15/h2-13H,1H3,(H,24,25). The molecule has 0 aliphatic carbocycles. The molecule has 26 heavy (non-hydrogen) atoms. The van der Waals surface area contributed by atoms with E-state index in [1.54, 1.807) is 11.3 Å². The molecule has 1 heterocycles. The predicted molar refractivity (Wildman–Crippen MR) is 112 cm³/mol. The van der Waals surface area contributed by atoms with E-state index >= 15 is 0 Å². The highest BCUT2D eigenvalue weighted by atomic mass is 35.5. The molecule has 0 spiro atoms. The summed E-state index contributed by atoms with van der Waals surface area (Å²) in [6.45, 7) is 1.53. The Labute approximate surface area is 161 Å². The summed E-state index contributed by atoms with van der Waals surface area (Å²) in [5.41, 5.74) is 4.09. The fourth-order valence-electron chi connectivity index (χ4n) is 3.12. The Kier molecular flexibility index (Phi) is 4.49. The maximum absolute atomic E-state index is 11.7. The number of hydrogen-bond donors (Lipinski definition) is 1. The molecule has 0 saturated heterocycles. The molecule has 2 nitrogen and oxygen atoms in total. The van der Waals surface area contributed by atoms with Gasteiger partial charge in [0.25, 0.3) is 0 Å². The number of rotatable bonds is 3. The lowest BCUT2D eigenvalue weighted by Crippen LogP contribution is -2.06. The highest BCUT2D eigenvalue weighted by Crippen LogP contribution is 2.46. The van der Waals surface area contributed by atoms with E-state index in [4.69, 9.17) is 11.6 Å². The van der Waals surface area contributed by atoms with Gasteiger partial charge in [-0.05, 0) is 29.8 Å². The number of benzene rings is 3. The van der Waals surface area contributed by atoms with Crippen LogP contribution in [0.3, 0.4) is 0 Å². The number of carbonyl (C=O) groups excluding carboxylic acids is 1. The van der Waals surface area contributed by atoms with Gasteiger partial charge in [-0.1, -0.05) is 60.1 Å². The van der Waals surface area contributed by atoms with Crippen LogP contribution in [-0.4, -0.2) is 5.91 Å². The van der Waals surface area contributed by atoms with Crippen LogP contribution in [0.5, 0.6) is 0 Å². The molecule has 0 unspecified atom stereocenters. The molecule has 0 bridgehead atoms. The van der Waals surface area contributed by atoms with Crippen LogP contribution in [-0.2, 0) is 4.79 Å². The predicted octanol–water partition coefficient (Wildman–Crippen LogP) is 6.85. The van der Waals surface area contributed by atoms with Crippen LogP contribution >= 0.6 is 22.9 Å². The van der Waals surface area contributed by atoms with Gasteiger partial charge in [-0.2, -0.15) is 0 Å². The molecule has 1 aromatic heterocycles. The smallest absolute Gasteiger partial charge is 0.221 e. The van der Waals surface area contributed by atoms with Crippen molar-refractivity contribution in [1.82, 2.24) is 0 Å². The van der Waals surface area contributed by atoms with Crippen molar-refractivity contribution in [3.63, 3.8) is 0 Å². The number of halogens is 1. The SMILES string of the molecule is CC(=O)Nc1ccccc1-c1c(-c2ccc(Cl)cc2)sc2ccccc12. The second-order valence-electron chi connectivity index (χ2n) is 6.04. The third-order valence-corrected chi connectivity index (χ3v) is 5.68. The van der Waals surface area contributed by atoms with Gasteiger partial charge in [-0.25, -0.2) is 0 Å². The fourth-order valence-corrected chi connectivity index (χ4v) is 4.47. The Morgan fingerprint density at radius 1 is 0.923 bits per heavy atom. The minimum Gasteiger partial charge on any atom is -0.326 e. The van der Waals surface area contributed by atoms with Crippen molar-refractivity contribution < 1.29 is 4.79 Å². The normalized spacial score (nSPS) is 10.8. The third kappa shape index (κ3) is 3.12. The minimum absolute atomic E-state index is 0.0787. The molecule has 0 saturated carbocycles. The number of carbonyl (C=O) groups is 1. The van der Waals surface area contributed by atoms with Gasteiger partial charge in [0, 0.05) is 43.7 Å².